The van der Waals surface area contributed by atoms with Crippen molar-refractivity contribution in [3.05, 3.63) is 65.7 Å². The van der Waals surface area contributed by atoms with E-state index in [-0.39, 0.29) is 5.91 Å². The number of methoxy groups -OCH3 is 5. The van der Waals surface area contributed by atoms with Gasteiger partial charge in [0, 0.05) is 11.1 Å². The van der Waals surface area contributed by atoms with Gasteiger partial charge in [-0.15, -0.1) is 0 Å². The fourth-order valence-corrected chi connectivity index (χ4v) is 4.43. The molecule has 0 bridgehead atoms. The Bertz CT molecular complexity index is 1390. The molecule has 0 saturated carbocycles. The van der Waals surface area contributed by atoms with Gasteiger partial charge in [0.05, 0.1) is 52.0 Å². The van der Waals surface area contributed by atoms with Gasteiger partial charge >= 0.3 is 0 Å². The number of rotatable bonds is 9. The van der Waals surface area contributed by atoms with E-state index in [1.165, 1.54) is 43.9 Å². The first-order valence-corrected chi connectivity index (χ1v) is 11.6. The van der Waals surface area contributed by atoms with Crippen LogP contribution in [-0.2, 0) is 0 Å². The summed E-state index contributed by atoms with van der Waals surface area (Å²) in [5, 5.41) is 6.18. The van der Waals surface area contributed by atoms with Crippen LogP contribution in [0.25, 0.3) is 10.2 Å². The van der Waals surface area contributed by atoms with E-state index in [9.17, 15) is 4.79 Å². The van der Waals surface area contributed by atoms with Crippen LogP contribution in [0.2, 0.25) is 0 Å². The van der Waals surface area contributed by atoms with Crippen LogP contribution in [0.5, 0.6) is 28.7 Å². The summed E-state index contributed by atoms with van der Waals surface area (Å²) in [5.74, 6) is 2.28. The monoisotopic (exact) mass is 507 g/mol. The number of benzene rings is 3. The zero-order chi connectivity index (χ0) is 25.7. The highest BCUT2D eigenvalue weighted by molar-refractivity contribution is 7.22. The van der Waals surface area contributed by atoms with Gasteiger partial charge in [0.15, 0.2) is 11.5 Å². The lowest BCUT2D eigenvalue weighted by Gasteiger charge is -2.15. The molecule has 0 aliphatic carbocycles. The molecule has 0 fully saturated rings. The van der Waals surface area contributed by atoms with Crippen molar-refractivity contribution in [3.8, 4) is 28.7 Å². The molecule has 0 unspecified atom stereocenters. The first kappa shape index (κ1) is 24.8. The predicted octanol–water partition coefficient (Wildman–Crippen LogP) is 5.02. The van der Waals surface area contributed by atoms with Gasteiger partial charge in [-0.2, -0.15) is 10.1 Å². The zero-order valence-corrected chi connectivity index (χ0v) is 21.3. The van der Waals surface area contributed by atoms with Crippen LogP contribution in [0.1, 0.15) is 15.9 Å². The molecular formula is C26H25N3O6S. The summed E-state index contributed by atoms with van der Waals surface area (Å²) in [6.45, 7) is 0. The molecule has 1 heterocycles. The largest absolute Gasteiger partial charge is 0.497 e. The molecule has 0 saturated heterocycles. The summed E-state index contributed by atoms with van der Waals surface area (Å²) in [5.41, 5.74) is 1.76. The third-order valence-electron chi connectivity index (χ3n) is 5.28. The van der Waals surface area contributed by atoms with E-state index in [0.717, 1.165) is 10.2 Å². The number of ether oxygens (including phenoxy) is 5. The van der Waals surface area contributed by atoms with Gasteiger partial charge in [0.25, 0.3) is 5.91 Å². The number of hydrogen-bond donors (Lipinski definition) is 0. The van der Waals surface area contributed by atoms with E-state index in [2.05, 4.69) is 10.1 Å². The van der Waals surface area contributed by atoms with Gasteiger partial charge < -0.3 is 23.7 Å². The quantitative estimate of drug-likeness (QED) is 0.232. The Kier molecular flexibility index (Phi) is 7.55. The number of aromatic nitrogens is 1. The number of fused-ring (bicyclic) bond motifs is 1. The maximum Gasteiger partial charge on any atom is 0.280 e. The molecule has 0 atom stereocenters. The molecule has 1 amide bonds. The van der Waals surface area contributed by atoms with Gasteiger partial charge in [-0.3, -0.25) is 4.79 Å². The van der Waals surface area contributed by atoms with E-state index in [0.29, 0.717) is 45.0 Å². The minimum Gasteiger partial charge on any atom is -0.497 e. The third kappa shape index (κ3) is 5.03. The fourth-order valence-electron chi connectivity index (χ4n) is 3.48. The first-order valence-electron chi connectivity index (χ1n) is 10.8. The Labute approximate surface area is 212 Å². The molecule has 1 aromatic heterocycles. The predicted molar refractivity (Wildman–Crippen MR) is 140 cm³/mol. The summed E-state index contributed by atoms with van der Waals surface area (Å²) < 4.78 is 27.7. The maximum absolute atomic E-state index is 13.6. The van der Waals surface area contributed by atoms with E-state index in [1.807, 2.05) is 18.2 Å². The smallest absolute Gasteiger partial charge is 0.280 e. The van der Waals surface area contributed by atoms with Crippen LogP contribution < -0.4 is 28.7 Å². The van der Waals surface area contributed by atoms with Gasteiger partial charge in [-0.05, 0) is 48.5 Å². The van der Waals surface area contributed by atoms with E-state index in [1.54, 1.807) is 50.6 Å². The summed E-state index contributed by atoms with van der Waals surface area (Å²) in [6, 6.07) is 15.9. The number of amides is 1. The number of nitrogens with zero attached hydrogens (tertiary/aromatic N) is 3. The Morgan fingerprint density at radius 1 is 0.861 bits per heavy atom. The Morgan fingerprint density at radius 3 is 2.19 bits per heavy atom. The standard InChI is InChI=1S/C26H25N3O6S/c1-31-18-8-6-7-17(13-18)25(30)29(26-28-20-10-9-19(32-2)14-23(20)36-26)27-15-16-11-21(33-3)24(35-5)22(12-16)34-4/h6-15H,1-5H3/b27-15+. The van der Waals surface area contributed by atoms with Gasteiger partial charge in [0.1, 0.15) is 11.5 Å². The normalized spacial score (nSPS) is 10.9. The average Bonchev–Trinajstić information content (AvgIpc) is 3.35. The molecule has 186 valence electrons. The second-order valence-corrected chi connectivity index (χ2v) is 8.39. The van der Waals surface area contributed by atoms with Crippen LogP contribution in [0.3, 0.4) is 0 Å². The molecule has 10 heteroatoms. The molecule has 9 nitrogen and oxygen atoms in total. The van der Waals surface area contributed by atoms with Crippen LogP contribution >= 0.6 is 11.3 Å². The summed E-state index contributed by atoms with van der Waals surface area (Å²) in [4.78, 5) is 18.2. The van der Waals surface area contributed by atoms with Crippen molar-refractivity contribution in [2.75, 3.05) is 40.6 Å². The third-order valence-corrected chi connectivity index (χ3v) is 6.28. The van der Waals surface area contributed by atoms with Crippen molar-refractivity contribution >= 4 is 38.8 Å². The van der Waals surface area contributed by atoms with Crippen molar-refractivity contribution in [1.29, 1.82) is 0 Å². The van der Waals surface area contributed by atoms with Crippen molar-refractivity contribution in [3.63, 3.8) is 0 Å². The Balaban J connectivity index is 1.79. The lowest BCUT2D eigenvalue weighted by atomic mass is 10.2. The highest BCUT2D eigenvalue weighted by atomic mass is 32.1. The highest BCUT2D eigenvalue weighted by Crippen LogP contribution is 2.38. The van der Waals surface area contributed by atoms with Gasteiger partial charge in [-0.1, -0.05) is 17.4 Å². The van der Waals surface area contributed by atoms with Gasteiger partial charge in [-0.25, -0.2) is 4.98 Å². The SMILES string of the molecule is COc1cccc(C(=O)N(/N=C/c2cc(OC)c(OC)c(OC)c2)c2nc3ccc(OC)cc3s2)c1. The molecule has 0 aliphatic heterocycles. The minimum absolute atomic E-state index is 0.372. The lowest BCUT2D eigenvalue weighted by molar-refractivity contribution is 0.0987. The summed E-state index contributed by atoms with van der Waals surface area (Å²) in [7, 11) is 7.75. The second kappa shape index (κ2) is 11.0. The van der Waals surface area contributed by atoms with Crippen molar-refractivity contribution < 1.29 is 28.5 Å². The number of carbonyl (C=O) groups excluding carboxylic acids is 1. The fraction of sp³-hybridized carbons (Fsp3) is 0.192. The van der Waals surface area contributed by atoms with Crippen LogP contribution in [-0.4, -0.2) is 52.7 Å². The molecular weight excluding hydrogens is 482 g/mol. The molecule has 0 spiro atoms. The van der Waals surface area contributed by atoms with E-state index < -0.39 is 0 Å². The number of hydrogen-bond acceptors (Lipinski definition) is 9. The molecule has 0 N–H and O–H groups in total. The van der Waals surface area contributed by atoms with Crippen molar-refractivity contribution in [1.82, 2.24) is 4.98 Å². The molecule has 4 rings (SSSR count). The average molecular weight is 508 g/mol. The highest BCUT2D eigenvalue weighted by Gasteiger charge is 2.22. The number of carbonyl (C=O) groups is 1. The molecule has 3 aromatic carbocycles. The van der Waals surface area contributed by atoms with Crippen molar-refractivity contribution in [2.24, 2.45) is 5.10 Å². The molecule has 0 radical (unpaired) electrons. The molecule has 0 aliphatic rings. The minimum atomic E-state index is -0.372. The second-order valence-electron chi connectivity index (χ2n) is 7.38. The summed E-state index contributed by atoms with van der Waals surface area (Å²) >= 11 is 1.32. The van der Waals surface area contributed by atoms with Crippen LogP contribution in [0.15, 0.2) is 59.7 Å². The van der Waals surface area contributed by atoms with Crippen LogP contribution in [0.4, 0.5) is 5.13 Å². The van der Waals surface area contributed by atoms with Crippen molar-refractivity contribution in [2.45, 2.75) is 0 Å². The number of anilines is 1. The summed E-state index contributed by atoms with van der Waals surface area (Å²) in [6.07, 6.45) is 1.54. The van der Waals surface area contributed by atoms with Gasteiger partial charge in [0.2, 0.25) is 10.9 Å². The Morgan fingerprint density at radius 2 is 1.56 bits per heavy atom. The number of thiazole rings is 1. The molecule has 4 aromatic rings. The van der Waals surface area contributed by atoms with Crippen LogP contribution in [0, 0.1) is 0 Å². The van der Waals surface area contributed by atoms with E-state index in [4.69, 9.17) is 23.7 Å². The number of hydrazone groups is 1. The first-order chi connectivity index (χ1) is 17.5. The molecule has 36 heavy (non-hydrogen) atoms. The van der Waals surface area contributed by atoms with E-state index >= 15 is 0 Å². The Hall–Kier alpha value is -4.31. The zero-order valence-electron chi connectivity index (χ0n) is 20.5. The topological polar surface area (TPSA) is 91.7 Å². The lowest BCUT2D eigenvalue weighted by Crippen LogP contribution is -2.25. The maximum atomic E-state index is 13.6.